The van der Waals surface area contributed by atoms with Gasteiger partial charge in [-0.15, -0.1) is 11.8 Å². The van der Waals surface area contributed by atoms with Gasteiger partial charge in [0.1, 0.15) is 0 Å². The van der Waals surface area contributed by atoms with Crippen molar-refractivity contribution in [1.82, 2.24) is 0 Å². The molecule has 26 heavy (non-hydrogen) atoms. The predicted molar refractivity (Wildman–Crippen MR) is 115 cm³/mol. The molecule has 0 amide bonds. The summed E-state index contributed by atoms with van der Waals surface area (Å²) in [5.74, 6) is 0.969. The molecule has 132 valence electrons. The molecule has 0 heterocycles. The quantitative estimate of drug-likeness (QED) is 0.354. The Morgan fingerprint density at radius 3 is 2.00 bits per heavy atom. The molecule has 0 aromatic heterocycles. The highest BCUT2D eigenvalue weighted by Gasteiger charge is 2.04. The average molecular weight is 360 g/mol. The lowest BCUT2D eigenvalue weighted by Gasteiger charge is -2.09. The van der Waals surface area contributed by atoms with Crippen LogP contribution in [0.15, 0.2) is 70.6 Å². The molecule has 0 radical (unpaired) electrons. The van der Waals surface area contributed by atoms with Crippen LogP contribution in [0.5, 0.6) is 0 Å². The van der Waals surface area contributed by atoms with Crippen molar-refractivity contribution in [1.29, 1.82) is 0 Å². The van der Waals surface area contributed by atoms with Gasteiger partial charge in [-0.05, 0) is 67.1 Å². The Labute approximate surface area is 161 Å². The minimum absolute atomic E-state index is 0.969. The van der Waals surface area contributed by atoms with Gasteiger partial charge in [0.2, 0.25) is 0 Å². The second-order valence-electron chi connectivity index (χ2n) is 6.75. The fourth-order valence-electron chi connectivity index (χ4n) is 3.09. The van der Waals surface area contributed by atoms with Gasteiger partial charge in [-0.2, -0.15) is 0 Å². The molecular formula is C24H25NS. The number of hydrogen-bond donors (Lipinski definition) is 0. The summed E-state index contributed by atoms with van der Waals surface area (Å²) in [6.07, 6.45) is 1.97. The van der Waals surface area contributed by atoms with Crippen LogP contribution in [0, 0.1) is 27.7 Å². The van der Waals surface area contributed by atoms with Gasteiger partial charge >= 0.3 is 0 Å². The van der Waals surface area contributed by atoms with Crippen LogP contribution >= 0.6 is 11.8 Å². The summed E-state index contributed by atoms with van der Waals surface area (Å²) in [7, 11) is 0. The molecule has 3 aromatic carbocycles. The van der Waals surface area contributed by atoms with Crippen LogP contribution in [0.2, 0.25) is 0 Å². The molecule has 3 rings (SSSR count). The Balaban J connectivity index is 1.75. The van der Waals surface area contributed by atoms with E-state index in [0.29, 0.717) is 0 Å². The Kier molecular flexibility index (Phi) is 5.95. The fourth-order valence-corrected chi connectivity index (χ4v) is 4.18. The van der Waals surface area contributed by atoms with Gasteiger partial charge in [0.15, 0.2) is 0 Å². The molecule has 0 N–H and O–H groups in total. The van der Waals surface area contributed by atoms with Gasteiger partial charge in [0.25, 0.3) is 0 Å². The average Bonchev–Trinajstić information content (AvgIpc) is 2.61. The molecule has 0 aliphatic carbocycles. The number of para-hydroxylation sites is 1. The molecule has 0 saturated carbocycles. The maximum absolute atomic E-state index is 4.73. The number of thioether (sulfide) groups is 1. The van der Waals surface area contributed by atoms with Crippen LogP contribution in [-0.4, -0.2) is 6.21 Å². The largest absolute Gasteiger partial charge is 0.256 e. The lowest BCUT2D eigenvalue weighted by atomic mass is 10.1. The van der Waals surface area contributed by atoms with E-state index in [4.69, 9.17) is 4.99 Å². The van der Waals surface area contributed by atoms with Crippen LogP contribution in [0.4, 0.5) is 5.69 Å². The zero-order chi connectivity index (χ0) is 18.5. The fraction of sp³-hybridized carbons (Fsp3) is 0.208. The summed E-state index contributed by atoms with van der Waals surface area (Å²) in [5.41, 5.74) is 8.66. The first-order valence-electron chi connectivity index (χ1n) is 8.93. The number of hydrogen-bond acceptors (Lipinski definition) is 2. The van der Waals surface area contributed by atoms with E-state index < -0.39 is 0 Å². The van der Waals surface area contributed by atoms with E-state index in [1.807, 2.05) is 18.0 Å². The van der Waals surface area contributed by atoms with Crippen LogP contribution < -0.4 is 0 Å². The maximum Gasteiger partial charge on any atom is 0.0688 e. The molecule has 0 fully saturated rings. The van der Waals surface area contributed by atoms with E-state index in [2.05, 4.69) is 88.4 Å². The highest BCUT2D eigenvalue weighted by atomic mass is 32.2. The number of aryl methyl sites for hydroxylation is 4. The van der Waals surface area contributed by atoms with Crippen molar-refractivity contribution >= 4 is 23.7 Å². The van der Waals surface area contributed by atoms with Gasteiger partial charge in [0.05, 0.1) is 5.69 Å². The van der Waals surface area contributed by atoms with Crippen molar-refractivity contribution in [2.24, 2.45) is 4.99 Å². The van der Waals surface area contributed by atoms with Crippen LogP contribution in [-0.2, 0) is 5.75 Å². The molecule has 0 spiro atoms. The zero-order valence-corrected chi connectivity index (χ0v) is 16.7. The van der Waals surface area contributed by atoms with Gasteiger partial charge in [-0.1, -0.05) is 54.6 Å². The molecule has 1 nitrogen and oxygen atoms in total. The van der Waals surface area contributed by atoms with Crippen LogP contribution in [0.1, 0.15) is 33.4 Å². The lowest BCUT2D eigenvalue weighted by molar-refractivity contribution is 1.21. The van der Waals surface area contributed by atoms with Crippen LogP contribution in [0.3, 0.4) is 0 Å². The smallest absolute Gasteiger partial charge is 0.0688 e. The van der Waals surface area contributed by atoms with Gasteiger partial charge in [0, 0.05) is 16.9 Å². The molecule has 2 heteroatoms. The highest BCUT2D eigenvalue weighted by molar-refractivity contribution is 7.98. The first-order chi connectivity index (χ1) is 12.5. The van der Waals surface area contributed by atoms with Crippen molar-refractivity contribution in [3.63, 3.8) is 0 Å². The van der Waals surface area contributed by atoms with Gasteiger partial charge in [-0.3, -0.25) is 4.99 Å². The standard InChI is InChI=1S/C24H25NS/c1-17-8-5-9-18(2)23(17)25-15-21-12-7-13-22(14-21)16-26-24-19(3)10-6-11-20(24)4/h5-15H,16H2,1-4H3. The second kappa shape index (κ2) is 8.37. The minimum atomic E-state index is 0.969. The molecule has 0 aliphatic rings. The second-order valence-corrected chi connectivity index (χ2v) is 7.74. The van der Waals surface area contributed by atoms with Crippen molar-refractivity contribution in [2.45, 2.75) is 38.3 Å². The molecular weight excluding hydrogens is 334 g/mol. The van der Waals surface area contributed by atoms with Crippen molar-refractivity contribution in [3.8, 4) is 0 Å². The minimum Gasteiger partial charge on any atom is -0.256 e. The highest BCUT2D eigenvalue weighted by Crippen LogP contribution is 2.29. The first-order valence-corrected chi connectivity index (χ1v) is 9.91. The van der Waals surface area contributed by atoms with E-state index in [9.17, 15) is 0 Å². The van der Waals surface area contributed by atoms with Gasteiger partial charge < -0.3 is 0 Å². The molecule has 0 saturated heterocycles. The van der Waals surface area contributed by atoms with Crippen LogP contribution in [0.25, 0.3) is 0 Å². The first kappa shape index (κ1) is 18.5. The van der Waals surface area contributed by atoms with E-state index in [-0.39, 0.29) is 0 Å². The number of nitrogens with zero attached hydrogens (tertiary/aromatic N) is 1. The third-order valence-corrected chi connectivity index (χ3v) is 5.94. The third kappa shape index (κ3) is 4.44. The maximum atomic E-state index is 4.73. The Morgan fingerprint density at radius 1 is 0.769 bits per heavy atom. The van der Waals surface area contributed by atoms with Crippen molar-refractivity contribution < 1.29 is 0 Å². The number of rotatable bonds is 5. The van der Waals surface area contributed by atoms with Crippen molar-refractivity contribution in [3.05, 3.63) is 94.0 Å². The van der Waals surface area contributed by atoms with E-state index in [0.717, 1.165) is 17.0 Å². The summed E-state index contributed by atoms with van der Waals surface area (Å²) < 4.78 is 0. The summed E-state index contributed by atoms with van der Waals surface area (Å²) in [5, 5.41) is 0. The molecule has 0 atom stereocenters. The predicted octanol–water partition coefficient (Wildman–Crippen LogP) is 6.96. The molecule has 0 unspecified atom stereocenters. The van der Waals surface area contributed by atoms with E-state index in [1.165, 1.54) is 32.7 Å². The molecule has 0 aliphatic heterocycles. The Morgan fingerprint density at radius 2 is 1.35 bits per heavy atom. The van der Waals surface area contributed by atoms with Gasteiger partial charge in [-0.25, -0.2) is 0 Å². The van der Waals surface area contributed by atoms with Crippen molar-refractivity contribution in [2.75, 3.05) is 0 Å². The summed E-state index contributed by atoms with van der Waals surface area (Å²) in [6.45, 7) is 8.58. The third-order valence-electron chi connectivity index (χ3n) is 4.53. The lowest BCUT2D eigenvalue weighted by Crippen LogP contribution is -1.89. The normalized spacial score (nSPS) is 11.2. The zero-order valence-electron chi connectivity index (χ0n) is 15.9. The Bertz CT molecular complexity index is 900. The molecule has 0 bridgehead atoms. The summed E-state index contributed by atoms with van der Waals surface area (Å²) in [6, 6.07) is 21.4. The summed E-state index contributed by atoms with van der Waals surface area (Å²) in [4.78, 5) is 6.12. The monoisotopic (exact) mass is 359 g/mol. The van der Waals surface area contributed by atoms with E-state index in [1.54, 1.807) is 0 Å². The topological polar surface area (TPSA) is 12.4 Å². The Hall–Kier alpha value is -2.32. The number of benzene rings is 3. The molecule has 3 aromatic rings. The SMILES string of the molecule is Cc1cccc(C)c1N=Cc1cccc(CSc2c(C)cccc2C)c1. The van der Waals surface area contributed by atoms with E-state index >= 15 is 0 Å². The summed E-state index contributed by atoms with van der Waals surface area (Å²) >= 11 is 1.91. The number of aliphatic imine (C=N–C) groups is 1.